The van der Waals surface area contributed by atoms with Crippen LogP contribution in [-0.4, -0.2) is 14.1 Å². The molecule has 0 saturated heterocycles. The molecule has 2 N–H and O–H groups in total. The third-order valence-corrected chi connectivity index (χ3v) is 1.17. The molecule has 0 aliphatic carbocycles. The van der Waals surface area contributed by atoms with E-state index in [1.54, 1.807) is 14.1 Å². The summed E-state index contributed by atoms with van der Waals surface area (Å²) in [4.78, 5) is 0. The molecule has 5 heteroatoms. The van der Waals surface area contributed by atoms with Crippen LogP contribution in [-0.2, 0) is 0 Å². The Morgan fingerprint density at radius 3 is 2.60 bits per heavy atom. The lowest BCUT2D eigenvalue weighted by Gasteiger charge is -1.97. The van der Waals surface area contributed by atoms with Crippen molar-refractivity contribution in [1.82, 2.24) is 0 Å². The van der Waals surface area contributed by atoms with Crippen LogP contribution < -0.4 is 15.4 Å². The van der Waals surface area contributed by atoms with Crippen LogP contribution in [0.1, 0.15) is 0 Å². The van der Waals surface area contributed by atoms with Gasteiger partial charge in [-0.2, -0.15) is 0 Å². The van der Waals surface area contributed by atoms with Gasteiger partial charge >= 0.3 is 5.82 Å². The highest BCUT2D eigenvalue weighted by Gasteiger charge is 2.11. The fourth-order valence-electron chi connectivity index (χ4n) is 0.710. The number of hydrogen-bond donors (Lipinski definition) is 2. The lowest BCUT2D eigenvalue weighted by Crippen LogP contribution is -2.26. The SMILES string of the molecule is CNc1oc[n+]([O-])c1NC. The highest BCUT2D eigenvalue weighted by Crippen LogP contribution is 2.14. The Morgan fingerprint density at radius 2 is 2.20 bits per heavy atom. The quantitative estimate of drug-likeness (QED) is 0.451. The van der Waals surface area contributed by atoms with Gasteiger partial charge in [-0.1, -0.05) is 0 Å². The Balaban J connectivity index is 3.01. The van der Waals surface area contributed by atoms with E-state index in [1.807, 2.05) is 0 Å². The maximum atomic E-state index is 10.8. The number of hydrogen-bond acceptors (Lipinski definition) is 4. The zero-order valence-corrected chi connectivity index (χ0v) is 5.84. The van der Waals surface area contributed by atoms with Gasteiger partial charge in [0.2, 0.25) is 0 Å². The van der Waals surface area contributed by atoms with Gasteiger partial charge < -0.3 is 14.9 Å². The van der Waals surface area contributed by atoms with Crippen LogP contribution in [0.5, 0.6) is 0 Å². The highest BCUT2D eigenvalue weighted by molar-refractivity contribution is 5.51. The number of anilines is 2. The van der Waals surface area contributed by atoms with Crippen LogP contribution in [0.2, 0.25) is 0 Å². The molecule has 1 aromatic rings. The molecule has 10 heavy (non-hydrogen) atoms. The second-order valence-corrected chi connectivity index (χ2v) is 1.73. The summed E-state index contributed by atoms with van der Waals surface area (Å²) < 4.78 is 5.43. The highest BCUT2D eigenvalue weighted by atomic mass is 16.5. The van der Waals surface area contributed by atoms with Crippen molar-refractivity contribution >= 4 is 11.7 Å². The molecule has 0 amide bonds. The predicted molar refractivity (Wildman–Crippen MR) is 36.8 cm³/mol. The van der Waals surface area contributed by atoms with E-state index < -0.39 is 0 Å². The average Bonchev–Trinajstić information content (AvgIpc) is 2.30. The van der Waals surface area contributed by atoms with Crippen LogP contribution in [0.15, 0.2) is 10.8 Å². The van der Waals surface area contributed by atoms with Gasteiger partial charge in [-0.05, 0) is 0 Å². The van der Waals surface area contributed by atoms with Crippen LogP contribution in [0.3, 0.4) is 0 Å². The first-order valence-corrected chi connectivity index (χ1v) is 2.85. The topological polar surface area (TPSA) is 64.1 Å². The van der Waals surface area contributed by atoms with Gasteiger partial charge in [0.15, 0.2) is 0 Å². The molecule has 0 saturated carbocycles. The molecule has 0 spiro atoms. The Kier molecular flexibility index (Phi) is 1.66. The Morgan fingerprint density at radius 1 is 1.50 bits per heavy atom. The van der Waals surface area contributed by atoms with E-state index in [2.05, 4.69) is 10.6 Å². The molecule has 0 aliphatic heterocycles. The number of oxazole rings is 1. The van der Waals surface area contributed by atoms with Crippen molar-refractivity contribution in [1.29, 1.82) is 0 Å². The van der Waals surface area contributed by atoms with Crippen molar-refractivity contribution in [3.63, 3.8) is 0 Å². The monoisotopic (exact) mass is 143 g/mol. The summed E-state index contributed by atoms with van der Waals surface area (Å²) in [6.07, 6.45) is 1.08. The molecule has 0 radical (unpaired) electrons. The van der Waals surface area contributed by atoms with Gasteiger partial charge in [0, 0.05) is 7.05 Å². The number of nitrogens with zero attached hydrogens (tertiary/aromatic N) is 1. The van der Waals surface area contributed by atoms with Gasteiger partial charge in [-0.3, -0.25) is 5.32 Å². The minimum Gasteiger partial charge on any atom is -0.708 e. The minimum absolute atomic E-state index is 0.391. The molecule has 0 aliphatic rings. The molecule has 0 fully saturated rings. The number of rotatable bonds is 2. The summed E-state index contributed by atoms with van der Waals surface area (Å²) in [7, 11) is 3.33. The third-order valence-electron chi connectivity index (χ3n) is 1.17. The van der Waals surface area contributed by atoms with Gasteiger partial charge in [0.05, 0.1) is 7.05 Å². The summed E-state index contributed by atoms with van der Waals surface area (Å²) in [5.41, 5.74) is 0. The van der Waals surface area contributed by atoms with E-state index in [0.717, 1.165) is 6.39 Å². The summed E-state index contributed by atoms with van der Waals surface area (Å²) in [5, 5.41) is 16.2. The van der Waals surface area contributed by atoms with E-state index in [9.17, 15) is 5.21 Å². The maximum Gasteiger partial charge on any atom is 0.341 e. The molecule has 5 nitrogen and oxygen atoms in total. The van der Waals surface area contributed by atoms with E-state index in [0.29, 0.717) is 16.4 Å². The van der Waals surface area contributed by atoms with E-state index in [1.165, 1.54) is 0 Å². The van der Waals surface area contributed by atoms with Crippen molar-refractivity contribution < 1.29 is 9.15 Å². The van der Waals surface area contributed by atoms with E-state index in [4.69, 9.17) is 4.42 Å². The standard InChI is InChI=1S/C5H9N3O2/c1-6-4-5(7-2)10-3-8(4)9/h3,6-7H,1-2H3. The molecular formula is C5H9N3O2. The average molecular weight is 143 g/mol. The molecule has 1 aromatic heterocycles. The first-order chi connectivity index (χ1) is 4.79. The Hall–Kier alpha value is -1.39. The number of nitrogens with one attached hydrogen (secondary N) is 2. The first-order valence-electron chi connectivity index (χ1n) is 2.85. The largest absolute Gasteiger partial charge is 0.708 e. The lowest BCUT2D eigenvalue weighted by molar-refractivity contribution is -0.594. The third kappa shape index (κ3) is 0.854. The maximum absolute atomic E-state index is 10.8. The van der Waals surface area contributed by atoms with Crippen molar-refractivity contribution in [2.45, 2.75) is 0 Å². The molecule has 0 bridgehead atoms. The van der Waals surface area contributed by atoms with Crippen molar-refractivity contribution in [3.05, 3.63) is 11.6 Å². The van der Waals surface area contributed by atoms with Gasteiger partial charge in [-0.15, -0.1) is 0 Å². The van der Waals surface area contributed by atoms with Crippen molar-refractivity contribution in [2.75, 3.05) is 24.7 Å². The molecule has 0 atom stereocenters. The normalized spacial score (nSPS) is 9.40. The minimum atomic E-state index is 0.391. The van der Waals surface area contributed by atoms with Gasteiger partial charge in [-0.25, -0.2) is 4.73 Å². The van der Waals surface area contributed by atoms with Crippen LogP contribution >= 0.6 is 0 Å². The molecule has 56 valence electrons. The zero-order valence-electron chi connectivity index (χ0n) is 5.84. The smallest absolute Gasteiger partial charge is 0.341 e. The van der Waals surface area contributed by atoms with E-state index in [-0.39, 0.29) is 0 Å². The first kappa shape index (κ1) is 6.73. The molecular weight excluding hydrogens is 134 g/mol. The van der Waals surface area contributed by atoms with Gasteiger partial charge in [0.1, 0.15) is 0 Å². The summed E-state index contributed by atoms with van der Waals surface area (Å²) in [6, 6.07) is 0. The van der Waals surface area contributed by atoms with Crippen molar-refractivity contribution in [2.24, 2.45) is 0 Å². The predicted octanol–water partition coefficient (Wildman–Crippen LogP) is -0.00360. The zero-order chi connectivity index (χ0) is 7.56. The van der Waals surface area contributed by atoms with Gasteiger partial charge in [0.25, 0.3) is 12.3 Å². The van der Waals surface area contributed by atoms with Crippen LogP contribution in [0.4, 0.5) is 11.7 Å². The summed E-state index contributed by atoms with van der Waals surface area (Å²) >= 11 is 0. The van der Waals surface area contributed by atoms with Crippen LogP contribution in [0.25, 0.3) is 0 Å². The lowest BCUT2D eigenvalue weighted by atomic mass is 10.6. The molecule has 0 unspecified atom stereocenters. The fraction of sp³-hybridized carbons (Fsp3) is 0.400. The summed E-state index contributed by atoms with van der Waals surface area (Å²) in [6.45, 7) is 0. The molecule has 0 aromatic carbocycles. The second-order valence-electron chi connectivity index (χ2n) is 1.73. The van der Waals surface area contributed by atoms with Crippen molar-refractivity contribution in [3.8, 4) is 0 Å². The Bertz CT molecular complexity index is 221. The fourth-order valence-corrected chi connectivity index (χ4v) is 0.710. The molecule has 1 heterocycles. The van der Waals surface area contributed by atoms with E-state index >= 15 is 0 Å². The second kappa shape index (κ2) is 2.47. The summed E-state index contributed by atoms with van der Waals surface area (Å²) in [5.74, 6) is 0.833. The van der Waals surface area contributed by atoms with Crippen LogP contribution in [0, 0.1) is 5.21 Å². The molecule has 1 rings (SSSR count). The Labute approximate surface area is 58.2 Å². The number of aromatic nitrogens is 1.